The molecule has 1 aliphatic carbocycles. The molecule has 0 saturated heterocycles. The topological polar surface area (TPSA) is 88.9 Å². The molecule has 2 heterocycles. The van der Waals surface area contributed by atoms with Crippen LogP contribution in [0, 0.1) is 0 Å². The standard InChI is InChI=1S/C25H28N2O5/c28-23(26-13-12-18-7-2-1-3-8-18)17-32-25(30)21-15-19-9-4-5-10-20(19)16-27(21)24(29)22-11-6-14-31-22/h4-7,9-11,14,21H,1-3,8,12-13,15-17H2,(H,26,28)/t21-/m0/s1. The number of furan rings is 1. The van der Waals surface area contributed by atoms with E-state index < -0.39 is 12.0 Å². The highest BCUT2D eigenvalue weighted by Gasteiger charge is 2.37. The number of ether oxygens (including phenoxy) is 1. The van der Waals surface area contributed by atoms with Crippen molar-refractivity contribution in [3.8, 4) is 0 Å². The number of allylic oxidation sites excluding steroid dienone is 1. The Hall–Kier alpha value is -3.35. The number of benzene rings is 1. The van der Waals surface area contributed by atoms with Crippen LogP contribution in [0.5, 0.6) is 0 Å². The fourth-order valence-corrected chi connectivity index (χ4v) is 4.27. The minimum Gasteiger partial charge on any atom is -0.459 e. The summed E-state index contributed by atoms with van der Waals surface area (Å²) >= 11 is 0. The molecule has 0 radical (unpaired) electrons. The lowest BCUT2D eigenvalue weighted by Crippen LogP contribution is -2.49. The summed E-state index contributed by atoms with van der Waals surface area (Å²) in [5.41, 5.74) is 3.34. The van der Waals surface area contributed by atoms with E-state index in [4.69, 9.17) is 9.15 Å². The summed E-state index contributed by atoms with van der Waals surface area (Å²) in [6, 6.07) is 10.1. The summed E-state index contributed by atoms with van der Waals surface area (Å²) in [4.78, 5) is 39.5. The molecule has 0 saturated carbocycles. The third-order valence-electron chi connectivity index (χ3n) is 6.01. The first-order chi connectivity index (χ1) is 15.6. The van der Waals surface area contributed by atoms with Gasteiger partial charge in [0.05, 0.1) is 6.26 Å². The van der Waals surface area contributed by atoms with Gasteiger partial charge in [0.15, 0.2) is 12.4 Å². The molecule has 1 N–H and O–H groups in total. The van der Waals surface area contributed by atoms with Gasteiger partial charge < -0.3 is 19.4 Å². The zero-order chi connectivity index (χ0) is 22.3. The fourth-order valence-electron chi connectivity index (χ4n) is 4.27. The molecule has 0 spiro atoms. The molecule has 1 aliphatic heterocycles. The second kappa shape index (κ2) is 10.3. The van der Waals surface area contributed by atoms with Gasteiger partial charge in [0, 0.05) is 19.5 Å². The van der Waals surface area contributed by atoms with E-state index >= 15 is 0 Å². The number of hydrogen-bond donors (Lipinski definition) is 1. The highest BCUT2D eigenvalue weighted by Crippen LogP contribution is 2.26. The van der Waals surface area contributed by atoms with E-state index in [0.717, 1.165) is 30.4 Å². The van der Waals surface area contributed by atoms with Crippen LogP contribution in [0.2, 0.25) is 0 Å². The van der Waals surface area contributed by atoms with Gasteiger partial charge in [-0.3, -0.25) is 9.59 Å². The van der Waals surface area contributed by atoms with Crippen LogP contribution in [0.3, 0.4) is 0 Å². The number of fused-ring (bicyclic) bond motifs is 1. The third-order valence-corrected chi connectivity index (χ3v) is 6.01. The summed E-state index contributed by atoms with van der Waals surface area (Å²) in [6.45, 7) is 0.442. The molecule has 2 aliphatic rings. The molecule has 0 bridgehead atoms. The van der Waals surface area contributed by atoms with E-state index in [0.29, 0.717) is 13.0 Å². The lowest BCUT2D eigenvalue weighted by atomic mass is 9.93. The number of esters is 1. The molecule has 7 nitrogen and oxygen atoms in total. The number of carbonyl (C=O) groups excluding carboxylic acids is 3. The largest absolute Gasteiger partial charge is 0.459 e. The Kier molecular flexibility index (Phi) is 7.04. The SMILES string of the molecule is O=C(COC(=O)[C@@H]1Cc2ccccc2CN1C(=O)c1ccco1)NCCC1=CCCCC1. The molecule has 0 unspecified atom stereocenters. The second-order valence-electron chi connectivity index (χ2n) is 8.21. The number of hydrogen-bond acceptors (Lipinski definition) is 5. The first-order valence-corrected chi connectivity index (χ1v) is 11.1. The highest BCUT2D eigenvalue weighted by atomic mass is 16.5. The lowest BCUT2D eigenvalue weighted by Gasteiger charge is -2.34. The van der Waals surface area contributed by atoms with Crippen molar-refractivity contribution in [3.05, 3.63) is 71.2 Å². The van der Waals surface area contributed by atoms with Crippen molar-refractivity contribution in [3.63, 3.8) is 0 Å². The van der Waals surface area contributed by atoms with Crippen LogP contribution in [0.25, 0.3) is 0 Å². The van der Waals surface area contributed by atoms with Gasteiger partial charge in [0.2, 0.25) is 0 Å². The van der Waals surface area contributed by atoms with Crippen molar-refractivity contribution in [2.24, 2.45) is 0 Å². The molecule has 2 aromatic rings. The number of rotatable bonds is 7. The summed E-state index contributed by atoms with van der Waals surface area (Å²) in [6.07, 6.45) is 9.47. The monoisotopic (exact) mass is 436 g/mol. The van der Waals surface area contributed by atoms with Crippen LogP contribution in [0.1, 0.15) is 53.8 Å². The zero-order valence-electron chi connectivity index (χ0n) is 18.0. The predicted octanol–water partition coefficient (Wildman–Crippen LogP) is 3.40. The molecule has 1 aromatic carbocycles. The highest BCUT2D eigenvalue weighted by molar-refractivity contribution is 5.95. The number of amides is 2. The van der Waals surface area contributed by atoms with E-state index in [2.05, 4.69) is 11.4 Å². The number of nitrogens with zero attached hydrogens (tertiary/aromatic N) is 1. The second-order valence-corrected chi connectivity index (χ2v) is 8.21. The van der Waals surface area contributed by atoms with E-state index in [1.807, 2.05) is 24.3 Å². The van der Waals surface area contributed by atoms with Gasteiger partial charge in [-0.05, 0) is 55.4 Å². The molecular formula is C25H28N2O5. The minimum absolute atomic E-state index is 0.164. The summed E-state index contributed by atoms with van der Waals surface area (Å²) in [7, 11) is 0. The van der Waals surface area contributed by atoms with E-state index in [1.165, 1.54) is 29.6 Å². The lowest BCUT2D eigenvalue weighted by molar-refractivity contribution is -0.153. The molecule has 7 heteroatoms. The Bertz CT molecular complexity index is 996. The van der Waals surface area contributed by atoms with Crippen LogP contribution in [0.4, 0.5) is 0 Å². The Balaban J connectivity index is 1.35. The normalized spacial score (nSPS) is 17.8. The Labute approximate surface area is 187 Å². The van der Waals surface area contributed by atoms with Gasteiger partial charge in [0.25, 0.3) is 11.8 Å². The quantitative estimate of drug-likeness (QED) is 0.531. The minimum atomic E-state index is -0.817. The van der Waals surface area contributed by atoms with Gasteiger partial charge in [0.1, 0.15) is 6.04 Å². The third kappa shape index (κ3) is 5.28. The van der Waals surface area contributed by atoms with Crippen LogP contribution >= 0.6 is 0 Å². The average molecular weight is 437 g/mol. The van der Waals surface area contributed by atoms with Gasteiger partial charge in [-0.25, -0.2) is 4.79 Å². The maximum atomic E-state index is 13.0. The first-order valence-electron chi connectivity index (χ1n) is 11.1. The molecule has 1 aromatic heterocycles. The van der Waals surface area contributed by atoms with Crippen molar-refractivity contribution < 1.29 is 23.5 Å². The molecule has 1 atom stereocenters. The van der Waals surface area contributed by atoms with Crippen molar-refractivity contribution in [2.45, 2.75) is 51.1 Å². The van der Waals surface area contributed by atoms with Crippen molar-refractivity contribution in [1.82, 2.24) is 10.2 Å². The molecule has 0 fully saturated rings. The van der Waals surface area contributed by atoms with E-state index in [9.17, 15) is 14.4 Å². The summed E-state index contributed by atoms with van der Waals surface area (Å²) < 4.78 is 10.6. The predicted molar refractivity (Wildman–Crippen MR) is 118 cm³/mol. The average Bonchev–Trinajstić information content (AvgIpc) is 3.37. The molecule has 2 amide bonds. The fraction of sp³-hybridized carbons (Fsp3) is 0.400. The van der Waals surface area contributed by atoms with Gasteiger partial charge in [-0.1, -0.05) is 35.9 Å². The first kappa shape index (κ1) is 21.9. The van der Waals surface area contributed by atoms with E-state index in [-0.39, 0.29) is 30.7 Å². The Morgan fingerprint density at radius 1 is 1.09 bits per heavy atom. The summed E-state index contributed by atoms with van der Waals surface area (Å²) in [5.74, 6) is -1.15. The zero-order valence-corrected chi connectivity index (χ0v) is 18.0. The Morgan fingerprint density at radius 2 is 1.94 bits per heavy atom. The Morgan fingerprint density at radius 3 is 2.69 bits per heavy atom. The van der Waals surface area contributed by atoms with Crippen molar-refractivity contribution in [2.75, 3.05) is 13.2 Å². The molecule has 4 rings (SSSR count). The maximum Gasteiger partial charge on any atom is 0.329 e. The van der Waals surface area contributed by atoms with E-state index in [1.54, 1.807) is 12.1 Å². The van der Waals surface area contributed by atoms with Crippen LogP contribution in [-0.4, -0.2) is 41.9 Å². The van der Waals surface area contributed by atoms with Crippen molar-refractivity contribution >= 4 is 17.8 Å². The van der Waals surface area contributed by atoms with Gasteiger partial charge >= 0.3 is 5.97 Å². The smallest absolute Gasteiger partial charge is 0.329 e. The number of carbonyl (C=O) groups is 3. The maximum absolute atomic E-state index is 13.0. The number of nitrogens with one attached hydrogen (secondary N) is 1. The van der Waals surface area contributed by atoms with Crippen LogP contribution in [-0.2, 0) is 27.3 Å². The molecule has 168 valence electrons. The molecular weight excluding hydrogens is 408 g/mol. The summed E-state index contributed by atoms with van der Waals surface area (Å²) in [5, 5.41) is 2.81. The molecule has 32 heavy (non-hydrogen) atoms. The van der Waals surface area contributed by atoms with Crippen LogP contribution < -0.4 is 5.32 Å². The van der Waals surface area contributed by atoms with Gasteiger partial charge in [-0.15, -0.1) is 0 Å². The van der Waals surface area contributed by atoms with Crippen molar-refractivity contribution in [1.29, 1.82) is 0 Å². The van der Waals surface area contributed by atoms with Gasteiger partial charge in [-0.2, -0.15) is 0 Å². The van der Waals surface area contributed by atoms with Crippen LogP contribution in [0.15, 0.2) is 58.7 Å².